The highest BCUT2D eigenvalue weighted by Crippen LogP contribution is 2.19. The fourth-order valence-electron chi connectivity index (χ4n) is 1.92. The van der Waals surface area contributed by atoms with Crippen LogP contribution in [0.15, 0.2) is 34.9 Å². The van der Waals surface area contributed by atoms with Crippen molar-refractivity contribution in [2.24, 2.45) is 0 Å². The van der Waals surface area contributed by atoms with Crippen LogP contribution in [0.25, 0.3) is 0 Å². The summed E-state index contributed by atoms with van der Waals surface area (Å²) < 4.78 is 5.55. The molecule has 102 valence electrons. The summed E-state index contributed by atoms with van der Waals surface area (Å²) in [7, 11) is 1.99. The second-order valence-electron chi connectivity index (χ2n) is 4.73. The van der Waals surface area contributed by atoms with Crippen molar-refractivity contribution in [2.45, 2.75) is 32.9 Å². The molecule has 1 atom stereocenters. The van der Waals surface area contributed by atoms with Crippen LogP contribution in [0.4, 0.5) is 5.69 Å². The molecule has 0 amide bonds. The lowest BCUT2D eigenvalue weighted by atomic mass is 10.2. The van der Waals surface area contributed by atoms with Gasteiger partial charge in [0.2, 0.25) is 0 Å². The number of aliphatic hydroxyl groups is 1. The molecule has 19 heavy (non-hydrogen) atoms. The number of furan rings is 1. The summed E-state index contributed by atoms with van der Waals surface area (Å²) in [5.74, 6) is 1.85. The van der Waals surface area contributed by atoms with Gasteiger partial charge in [-0.15, -0.1) is 0 Å². The predicted molar refractivity (Wildman–Crippen MR) is 75.0 cm³/mol. The predicted octanol–water partition coefficient (Wildman–Crippen LogP) is 3.06. The zero-order valence-electron chi connectivity index (χ0n) is 11.6. The monoisotopic (exact) mass is 260 g/mol. The first-order chi connectivity index (χ1) is 9.10. The number of anilines is 1. The van der Waals surface area contributed by atoms with Gasteiger partial charge in [0, 0.05) is 7.05 Å². The Morgan fingerprint density at radius 2 is 2.11 bits per heavy atom. The van der Waals surface area contributed by atoms with Crippen LogP contribution in [0.5, 0.6) is 0 Å². The van der Waals surface area contributed by atoms with Gasteiger partial charge in [0.25, 0.3) is 0 Å². The molecule has 0 unspecified atom stereocenters. The summed E-state index contributed by atoms with van der Waals surface area (Å²) in [6.07, 6.45) is 1.98. The largest absolute Gasteiger partial charge is 0.464 e. The molecule has 0 saturated carbocycles. The van der Waals surface area contributed by atoms with Gasteiger partial charge in [-0.05, 0) is 37.6 Å². The molecule has 1 N–H and O–H groups in total. The second kappa shape index (κ2) is 5.89. The van der Waals surface area contributed by atoms with Crippen molar-refractivity contribution >= 4 is 5.69 Å². The molecule has 2 rings (SSSR count). The summed E-state index contributed by atoms with van der Waals surface area (Å²) in [5, 5.41) is 9.71. The van der Waals surface area contributed by atoms with E-state index in [1.807, 2.05) is 45.2 Å². The standard InChI is InChI=1S/C15H20N2O2/c1-4-15(18)14-8-6-12(9-16-14)17(3)10-13-7-5-11(2)19-13/h5-9,15,18H,4,10H2,1-3H3/t15-/m0/s1. The molecule has 2 aromatic rings. The summed E-state index contributed by atoms with van der Waals surface area (Å²) in [6, 6.07) is 7.78. The topological polar surface area (TPSA) is 49.5 Å². The van der Waals surface area contributed by atoms with E-state index in [9.17, 15) is 5.11 Å². The van der Waals surface area contributed by atoms with Crippen LogP contribution in [0, 0.1) is 6.92 Å². The SMILES string of the molecule is CC[C@H](O)c1ccc(N(C)Cc2ccc(C)o2)cn1. The molecule has 0 saturated heterocycles. The maximum Gasteiger partial charge on any atom is 0.123 e. The van der Waals surface area contributed by atoms with E-state index in [1.54, 1.807) is 6.20 Å². The third-order valence-electron chi connectivity index (χ3n) is 3.13. The van der Waals surface area contributed by atoms with Gasteiger partial charge in [-0.3, -0.25) is 4.98 Å². The maximum absolute atomic E-state index is 9.71. The number of nitrogens with zero attached hydrogens (tertiary/aromatic N) is 2. The Hall–Kier alpha value is -1.81. The average Bonchev–Trinajstić information content (AvgIpc) is 2.83. The van der Waals surface area contributed by atoms with E-state index in [0.717, 1.165) is 17.2 Å². The Labute approximate surface area is 113 Å². The number of aliphatic hydroxyl groups excluding tert-OH is 1. The van der Waals surface area contributed by atoms with Crippen LogP contribution in [-0.4, -0.2) is 17.1 Å². The molecule has 0 radical (unpaired) electrons. The fraction of sp³-hybridized carbons (Fsp3) is 0.400. The molecule has 2 aromatic heterocycles. The summed E-state index contributed by atoms with van der Waals surface area (Å²) in [4.78, 5) is 6.36. The van der Waals surface area contributed by atoms with Gasteiger partial charge in [0.1, 0.15) is 11.5 Å². The van der Waals surface area contributed by atoms with Crippen LogP contribution in [0.2, 0.25) is 0 Å². The van der Waals surface area contributed by atoms with E-state index in [1.165, 1.54) is 0 Å². The maximum atomic E-state index is 9.71. The fourth-order valence-corrected chi connectivity index (χ4v) is 1.92. The van der Waals surface area contributed by atoms with E-state index in [0.29, 0.717) is 18.7 Å². The van der Waals surface area contributed by atoms with Crippen molar-refractivity contribution in [1.82, 2.24) is 4.98 Å². The van der Waals surface area contributed by atoms with E-state index >= 15 is 0 Å². The number of aryl methyl sites for hydroxylation is 1. The van der Waals surface area contributed by atoms with Gasteiger partial charge in [-0.1, -0.05) is 6.92 Å². The van der Waals surface area contributed by atoms with Crippen LogP contribution < -0.4 is 4.90 Å². The number of hydrogen-bond donors (Lipinski definition) is 1. The molecule has 0 spiro atoms. The Kier molecular flexibility index (Phi) is 4.22. The van der Waals surface area contributed by atoms with E-state index in [4.69, 9.17) is 4.42 Å². The second-order valence-corrected chi connectivity index (χ2v) is 4.73. The smallest absolute Gasteiger partial charge is 0.123 e. The lowest BCUT2D eigenvalue weighted by molar-refractivity contribution is 0.169. The van der Waals surface area contributed by atoms with Crippen LogP contribution in [0.3, 0.4) is 0 Å². The third-order valence-corrected chi connectivity index (χ3v) is 3.13. The number of hydrogen-bond acceptors (Lipinski definition) is 4. The van der Waals surface area contributed by atoms with Gasteiger partial charge in [-0.2, -0.15) is 0 Å². The Balaban J connectivity index is 2.05. The van der Waals surface area contributed by atoms with E-state index in [-0.39, 0.29) is 0 Å². The van der Waals surface area contributed by atoms with Crippen molar-refractivity contribution < 1.29 is 9.52 Å². The number of rotatable bonds is 5. The normalized spacial score (nSPS) is 12.4. The van der Waals surface area contributed by atoms with Gasteiger partial charge < -0.3 is 14.4 Å². The molecule has 4 heteroatoms. The van der Waals surface area contributed by atoms with Crippen LogP contribution >= 0.6 is 0 Å². The van der Waals surface area contributed by atoms with Crippen LogP contribution in [-0.2, 0) is 6.54 Å². The molecule has 0 aliphatic rings. The highest BCUT2D eigenvalue weighted by atomic mass is 16.3. The van der Waals surface area contributed by atoms with Gasteiger partial charge in [-0.25, -0.2) is 0 Å². The van der Waals surface area contributed by atoms with Crippen molar-refractivity contribution in [2.75, 3.05) is 11.9 Å². The minimum absolute atomic E-state index is 0.480. The average molecular weight is 260 g/mol. The lowest BCUT2D eigenvalue weighted by Crippen LogP contribution is -2.16. The highest BCUT2D eigenvalue weighted by Gasteiger charge is 2.09. The molecule has 0 fully saturated rings. The van der Waals surface area contributed by atoms with Crippen LogP contribution in [0.1, 0.15) is 36.7 Å². The lowest BCUT2D eigenvalue weighted by Gasteiger charge is -2.18. The quantitative estimate of drug-likeness (QED) is 0.897. The zero-order chi connectivity index (χ0) is 13.8. The molecule has 2 heterocycles. The third kappa shape index (κ3) is 3.35. The summed E-state index contributed by atoms with van der Waals surface area (Å²) in [6.45, 7) is 4.57. The molecule has 0 aliphatic carbocycles. The van der Waals surface area contributed by atoms with Crippen molar-refractivity contribution in [3.63, 3.8) is 0 Å². The first-order valence-corrected chi connectivity index (χ1v) is 6.50. The van der Waals surface area contributed by atoms with Crippen molar-refractivity contribution in [3.05, 3.63) is 47.7 Å². The van der Waals surface area contributed by atoms with Gasteiger partial charge >= 0.3 is 0 Å². The van der Waals surface area contributed by atoms with Crippen molar-refractivity contribution in [1.29, 1.82) is 0 Å². The molecule has 0 aromatic carbocycles. The Morgan fingerprint density at radius 3 is 2.63 bits per heavy atom. The molecule has 0 aliphatic heterocycles. The number of aromatic nitrogens is 1. The van der Waals surface area contributed by atoms with Gasteiger partial charge in [0.05, 0.1) is 30.2 Å². The minimum atomic E-state index is -0.480. The molecular weight excluding hydrogens is 240 g/mol. The Morgan fingerprint density at radius 1 is 1.32 bits per heavy atom. The molecular formula is C15H20N2O2. The van der Waals surface area contributed by atoms with Gasteiger partial charge in [0.15, 0.2) is 0 Å². The zero-order valence-corrected chi connectivity index (χ0v) is 11.6. The van der Waals surface area contributed by atoms with Crippen molar-refractivity contribution in [3.8, 4) is 0 Å². The van der Waals surface area contributed by atoms with E-state index < -0.39 is 6.10 Å². The molecule has 0 bridgehead atoms. The minimum Gasteiger partial charge on any atom is -0.464 e. The first kappa shape index (κ1) is 13.6. The van der Waals surface area contributed by atoms with E-state index in [2.05, 4.69) is 9.88 Å². The first-order valence-electron chi connectivity index (χ1n) is 6.50. The highest BCUT2D eigenvalue weighted by molar-refractivity contribution is 5.44. The Bertz CT molecular complexity index is 519. The summed E-state index contributed by atoms with van der Waals surface area (Å²) >= 11 is 0. The molecule has 4 nitrogen and oxygen atoms in total. The summed E-state index contributed by atoms with van der Waals surface area (Å²) in [5.41, 5.74) is 1.72. The number of pyridine rings is 1.